The number of ether oxygens (including phenoxy) is 1. The second kappa shape index (κ2) is 5.85. The first kappa shape index (κ1) is 14.1. The van der Waals surface area contributed by atoms with Crippen LogP contribution in [-0.2, 0) is 11.8 Å². The molecule has 0 aliphatic carbocycles. The van der Waals surface area contributed by atoms with E-state index < -0.39 is 12.1 Å². The van der Waals surface area contributed by atoms with Crippen molar-refractivity contribution in [2.45, 2.75) is 13.0 Å². The van der Waals surface area contributed by atoms with E-state index >= 15 is 0 Å². The lowest BCUT2D eigenvalue weighted by atomic mass is 10.2. The van der Waals surface area contributed by atoms with Gasteiger partial charge in [-0.3, -0.25) is 0 Å². The Morgan fingerprint density at radius 2 is 1.95 bits per heavy atom. The lowest BCUT2D eigenvalue weighted by Gasteiger charge is -2.09. The van der Waals surface area contributed by atoms with Crippen molar-refractivity contribution < 1.29 is 13.9 Å². The van der Waals surface area contributed by atoms with Gasteiger partial charge in [-0.2, -0.15) is 0 Å². The first-order valence-corrected chi connectivity index (χ1v) is 6.86. The van der Waals surface area contributed by atoms with E-state index in [4.69, 9.17) is 9.15 Å². The van der Waals surface area contributed by atoms with Crippen LogP contribution in [0.1, 0.15) is 29.4 Å². The number of rotatable bonds is 4. The van der Waals surface area contributed by atoms with Gasteiger partial charge in [0, 0.05) is 18.8 Å². The molecule has 0 aliphatic heterocycles. The number of hydrogen-bond acceptors (Lipinski definition) is 5. The Bertz CT molecular complexity index is 777. The third kappa shape index (κ3) is 2.76. The summed E-state index contributed by atoms with van der Waals surface area (Å²) in [5, 5.41) is 7.93. The summed E-state index contributed by atoms with van der Waals surface area (Å²) >= 11 is 0. The number of esters is 1. The van der Waals surface area contributed by atoms with Crippen molar-refractivity contribution in [3.63, 3.8) is 0 Å². The molecule has 3 rings (SSSR count). The molecule has 0 unspecified atom stereocenters. The smallest absolute Gasteiger partial charge is 0.355 e. The maximum atomic E-state index is 12.1. The highest BCUT2D eigenvalue weighted by Gasteiger charge is 2.20. The molecule has 0 fully saturated rings. The summed E-state index contributed by atoms with van der Waals surface area (Å²) < 4.78 is 12.6. The number of aryl methyl sites for hydroxylation is 1. The van der Waals surface area contributed by atoms with Crippen LogP contribution < -0.4 is 0 Å². The molecule has 0 radical (unpaired) electrons. The summed E-state index contributed by atoms with van der Waals surface area (Å²) in [7, 11) is 1.78. The molecule has 2 heterocycles. The Balaban J connectivity index is 1.73. The summed E-state index contributed by atoms with van der Waals surface area (Å²) in [6, 6.07) is 12.9. The van der Waals surface area contributed by atoms with E-state index in [1.165, 1.54) is 0 Å². The Labute approximate surface area is 127 Å². The van der Waals surface area contributed by atoms with E-state index in [-0.39, 0.29) is 5.89 Å². The van der Waals surface area contributed by atoms with Gasteiger partial charge in [0.2, 0.25) is 5.89 Å². The Morgan fingerprint density at radius 3 is 2.64 bits per heavy atom. The van der Waals surface area contributed by atoms with Gasteiger partial charge in [-0.05, 0) is 31.2 Å². The minimum Gasteiger partial charge on any atom is -0.448 e. The van der Waals surface area contributed by atoms with Crippen LogP contribution in [-0.4, -0.2) is 20.7 Å². The van der Waals surface area contributed by atoms with Crippen molar-refractivity contribution in [3.05, 3.63) is 60.2 Å². The van der Waals surface area contributed by atoms with Crippen LogP contribution in [0.25, 0.3) is 11.5 Å². The largest absolute Gasteiger partial charge is 0.448 e. The maximum absolute atomic E-state index is 12.1. The zero-order valence-electron chi connectivity index (χ0n) is 12.3. The van der Waals surface area contributed by atoms with Crippen molar-refractivity contribution in [2.75, 3.05) is 0 Å². The van der Waals surface area contributed by atoms with Crippen molar-refractivity contribution in [2.24, 2.45) is 7.05 Å². The van der Waals surface area contributed by atoms with Gasteiger partial charge in [0.1, 0.15) is 5.69 Å². The Hall–Kier alpha value is -2.89. The van der Waals surface area contributed by atoms with Gasteiger partial charge in [-0.15, -0.1) is 10.2 Å². The van der Waals surface area contributed by atoms with Gasteiger partial charge >= 0.3 is 5.97 Å². The average Bonchev–Trinajstić information content (AvgIpc) is 3.17. The highest BCUT2D eigenvalue weighted by atomic mass is 16.6. The van der Waals surface area contributed by atoms with Gasteiger partial charge < -0.3 is 13.7 Å². The van der Waals surface area contributed by atoms with Crippen LogP contribution in [0, 0.1) is 0 Å². The molecule has 0 amide bonds. The summed E-state index contributed by atoms with van der Waals surface area (Å²) in [6.45, 7) is 1.70. The van der Waals surface area contributed by atoms with E-state index in [2.05, 4.69) is 10.2 Å². The minimum absolute atomic E-state index is 0.265. The number of carbonyl (C=O) groups excluding carboxylic acids is 1. The summed E-state index contributed by atoms with van der Waals surface area (Å²) in [5.74, 6) is 0.234. The number of carbonyl (C=O) groups is 1. The van der Waals surface area contributed by atoms with Crippen LogP contribution in [0.4, 0.5) is 0 Å². The SMILES string of the molecule is C[C@H](OC(=O)c1cccn1C)c1nnc(-c2ccccc2)o1. The molecule has 3 aromatic rings. The highest BCUT2D eigenvalue weighted by Crippen LogP contribution is 2.22. The molecule has 6 heteroatoms. The lowest BCUT2D eigenvalue weighted by molar-refractivity contribution is 0.0269. The first-order valence-electron chi connectivity index (χ1n) is 6.86. The molecule has 0 bridgehead atoms. The summed E-state index contributed by atoms with van der Waals surface area (Å²) in [4.78, 5) is 12.1. The topological polar surface area (TPSA) is 70.2 Å². The second-order valence-corrected chi connectivity index (χ2v) is 4.86. The lowest BCUT2D eigenvalue weighted by Crippen LogP contribution is -2.12. The fourth-order valence-electron chi connectivity index (χ4n) is 2.04. The molecular formula is C16H15N3O3. The highest BCUT2D eigenvalue weighted by molar-refractivity contribution is 5.87. The summed E-state index contributed by atoms with van der Waals surface area (Å²) in [6.07, 6.45) is 1.16. The van der Waals surface area contributed by atoms with Gasteiger partial charge in [0.15, 0.2) is 6.10 Å². The Kier molecular flexibility index (Phi) is 3.74. The molecule has 0 saturated carbocycles. The molecule has 0 aliphatic rings. The molecule has 0 saturated heterocycles. The maximum Gasteiger partial charge on any atom is 0.355 e. The van der Waals surface area contributed by atoms with E-state index in [1.54, 1.807) is 36.9 Å². The molecule has 1 atom stereocenters. The number of aromatic nitrogens is 3. The first-order chi connectivity index (χ1) is 10.6. The normalized spacial score (nSPS) is 12.1. The van der Waals surface area contributed by atoms with E-state index in [9.17, 15) is 4.79 Å². The average molecular weight is 297 g/mol. The monoisotopic (exact) mass is 297 g/mol. The molecule has 0 N–H and O–H groups in total. The minimum atomic E-state index is -0.618. The standard InChI is InChI=1S/C16H15N3O3/c1-11(21-16(20)13-9-6-10-19(13)2)14-17-18-15(22-14)12-7-4-3-5-8-12/h3-11H,1-2H3/t11-/m0/s1. The predicted molar refractivity (Wildman–Crippen MR) is 79.0 cm³/mol. The molecule has 6 nitrogen and oxygen atoms in total. The van der Waals surface area contributed by atoms with Crippen molar-refractivity contribution >= 4 is 5.97 Å². The zero-order chi connectivity index (χ0) is 15.5. The second-order valence-electron chi connectivity index (χ2n) is 4.86. The Morgan fingerprint density at radius 1 is 1.18 bits per heavy atom. The predicted octanol–water partition coefficient (Wildman–Crippen LogP) is 2.99. The molecule has 2 aromatic heterocycles. The van der Waals surface area contributed by atoms with Gasteiger partial charge in [0.05, 0.1) is 0 Å². The third-order valence-electron chi connectivity index (χ3n) is 3.25. The zero-order valence-corrected chi connectivity index (χ0v) is 12.3. The van der Waals surface area contributed by atoms with E-state index in [1.807, 2.05) is 30.3 Å². The molecular weight excluding hydrogens is 282 g/mol. The van der Waals surface area contributed by atoms with Crippen LogP contribution in [0.3, 0.4) is 0 Å². The molecule has 1 aromatic carbocycles. The van der Waals surface area contributed by atoms with E-state index in [0.717, 1.165) is 5.56 Å². The fourth-order valence-corrected chi connectivity index (χ4v) is 2.04. The van der Waals surface area contributed by atoms with Crippen molar-refractivity contribution in [3.8, 4) is 11.5 Å². The third-order valence-corrected chi connectivity index (χ3v) is 3.25. The van der Waals surface area contributed by atoms with E-state index in [0.29, 0.717) is 11.6 Å². The van der Waals surface area contributed by atoms with Crippen molar-refractivity contribution in [1.29, 1.82) is 0 Å². The van der Waals surface area contributed by atoms with Gasteiger partial charge in [-0.1, -0.05) is 18.2 Å². The molecule has 112 valence electrons. The van der Waals surface area contributed by atoms with Gasteiger partial charge in [-0.25, -0.2) is 4.79 Å². The summed E-state index contributed by atoms with van der Waals surface area (Å²) in [5.41, 5.74) is 1.29. The van der Waals surface area contributed by atoms with Crippen LogP contribution in [0.15, 0.2) is 53.1 Å². The number of hydrogen-bond donors (Lipinski definition) is 0. The fraction of sp³-hybridized carbons (Fsp3) is 0.188. The van der Waals surface area contributed by atoms with Crippen LogP contribution in [0.2, 0.25) is 0 Å². The number of nitrogens with zero attached hydrogens (tertiary/aromatic N) is 3. The van der Waals surface area contributed by atoms with Crippen LogP contribution >= 0.6 is 0 Å². The quantitative estimate of drug-likeness (QED) is 0.692. The molecule has 22 heavy (non-hydrogen) atoms. The van der Waals surface area contributed by atoms with Gasteiger partial charge in [0.25, 0.3) is 5.89 Å². The van der Waals surface area contributed by atoms with Crippen LogP contribution in [0.5, 0.6) is 0 Å². The number of benzene rings is 1. The molecule has 0 spiro atoms. The van der Waals surface area contributed by atoms with Crippen molar-refractivity contribution in [1.82, 2.24) is 14.8 Å².